The van der Waals surface area contributed by atoms with E-state index in [1.165, 1.54) is 0 Å². The molecule has 1 fully saturated rings. The third-order valence-corrected chi connectivity index (χ3v) is 10.1. The molecule has 1 saturated heterocycles. The normalized spacial score (nSPS) is 21.2. The first-order valence-corrected chi connectivity index (χ1v) is 18.7. The van der Waals surface area contributed by atoms with Crippen molar-refractivity contribution < 1.29 is 33.5 Å². The van der Waals surface area contributed by atoms with Gasteiger partial charge in [-0.15, -0.1) is 0 Å². The molecule has 1 N–H and O–H groups in total. The lowest BCUT2D eigenvalue weighted by molar-refractivity contribution is -0.391. The molecule has 0 bridgehead atoms. The van der Waals surface area contributed by atoms with E-state index < -0.39 is 35.8 Å². The fourth-order valence-electron chi connectivity index (χ4n) is 7.50. The van der Waals surface area contributed by atoms with Crippen molar-refractivity contribution in [2.75, 3.05) is 13.7 Å². The predicted molar refractivity (Wildman–Crippen MR) is 212 cm³/mol. The van der Waals surface area contributed by atoms with Crippen molar-refractivity contribution in [2.24, 2.45) is 0 Å². The van der Waals surface area contributed by atoms with E-state index in [-0.39, 0.29) is 26.4 Å². The molecule has 0 saturated carbocycles. The van der Waals surface area contributed by atoms with Crippen LogP contribution in [-0.2, 0) is 49.1 Å². The summed E-state index contributed by atoms with van der Waals surface area (Å²) in [6, 6.07) is 57.9. The standard InChI is InChI=1S/C48H48O7/c1-47(55-48(39-26-14-6-15-27-39,40-28-16-7-17-29-40)41-30-18-19-31-42(41)50-2)46(53-35-38-24-12-5-13-25-38)45(52-34-37-22-10-4-11-23-37)44(43(32-49)54-47)51-33-36-20-8-3-9-21-36/h3-31,43-46,49H,32-35H2,1-2H3/t43-,44-,45+,46+,47-/m1/s1. The van der Waals surface area contributed by atoms with Gasteiger partial charge < -0.3 is 33.5 Å². The first-order chi connectivity index (χ1) is 27.0. The zero-order chi connectivity index (χ0) is 37.9. The Hall–Kier alpha value is -5.12. The highest BCUT2D eigenvalue weighted by Crippen LogP contribution is 2.50. The average molecular weight is 737 g/mol. The Morgan fingerprint density at radius 3 is 1.44 bits per heavy atom. The summed E-state index contributed by atoms with van der Waals surface area (Å²) in [7, 11) is 1.66. The van der Waals surface area contributed by atoms with Crippen LogP contribution in [0.1, 0.15) is 40.3 Å². The fraction of sp³-hybridized carbons (Fsp3) is 0.250. The maximum Gasteiger partial charge on any atom is 0.196 e. The summed E-state index contributed by atoms with van der Waals surface area (Å²) in [6.45, 7) is 2.32. The second kappa shape index (κ2) is 18.0. The fourth-order valence-corrected chi connectivity index (χ4v) is 7.50. The molecular weight excluding hydrogens is 689 g/mol. The molecule has 6 aromatic carbocycles. The molecule has 0 radical (unpaired) electrons. The molecule has 55 heavy (non-hydrogen) atoms. The largest absolute Gasteiger partial charge is 0.496 e. The van der Waals surface area contributed by atoms with Crippen LogP contribution in [0.4, 0.5) is 0 Å². The van der Waals surface area contributed by atoms with E-state index >= 15 is 0 Å². The minimum atomic E-state index is -1.55. The molecule has 0 amide bonds. The van der Waals surface area contributed by atoms with Gasteiger partial charge in [0.25, 0.3) is 0 Å². The Labute approximate surface area is 324 Å². The quantitative estimate of drug-likeness (QED) is 0.0996. The smallest absolute Gasteiger partial charge is 0.196 e. The highest BCUT2D eigenvalue weighted by atomic mass is 16.7. The number of benzene rings is 6. The lowest BCUT2D eigenvalue weighted by Gasteiger charge is -2.54. The minimum Gasteiger partial charge on any atom is -0.496 e. The third-order valence-electron chi connectivity index (χ3n) is 10.1. The number of para-hydroxylation sites is 1. The van der Waals surface area contributed by atoms with Crippen LogP contribution in [-0.4, -0.2) is 49.0 Å². The van der Waals surface area contributed by atoms with Gasteiger partial charge in [-0.25, -0.2) is 0 Å². The number of hydrogen-bond donors (Lipinski definition) is 1. The van der Waals surface area contributed by atoms with E-state index in [1.54, 1.807) is 7.11 Å². The summed E-state index contributed by atoms with van der Waals surface area (Å²) < 4.78 is 41.5. The molecule has 7 nitrogen and oxygen atoms in total. The zero-order valence-electron chi connectivity index (χ0n) is 31.3. The van der Waals surface area contributed by atoms with Crippen molar-refractivity contribution >= 4 is 0 Å². The van der Waals surface area contributed by atoms with Gasteiger partial charge in [0.15, 0.2) is 11.4 Å². The number of methoxy groups -OCH3 is 1. The SMILES string of the molecule is COc1ccccc1C(O[C@@]1(C)O[C@H](CO)[C@@H](OCc2ccccc2)[C@H](OCc2ccccc2)[C@@H]1OCc1ccccc1)(c1ccccc1)c1ccccc1. The van der Waals surface area contributed by atoms with Gasteiger partial charge in [-0.3, -0.25) is 0 Å². The van der Waals surface area contributed by atoms with Gasteiger partial charge in [0.1, 0.15) is 30.2 Å². The van der Waals surface area contributed by atoms with Crippen molar-refractivity contribution in [2.45, 2.75) is 62.5 Å². The summed E-state index contributed by atoms with van der Waals surface area (Å²) in [5.74, 6) is -0.918. The minimum absolute atomic E-state index is 0.243. The van der Waals surface area contributed by atoms with Gasteiger partial charge >= 0.3 is 0 Å². The maximum absolute atomic E-state index is 11.1. The van der Waals surface area contributed by atoms with Crippen molar-refractivity contribution in [3.63, 3.8) is 0 Å². The molecule has 5 atom stereocenters. The molecule has 6 aromatic rings. The molecule has 0 aliphatic carbocycles. The Balaban J connectivity index is 1.40. The third kappa shape index (κ3) is 8.58. The summed E-state index contributed by atoms with van der Waals surface area (Å²) in [6.07, 6.45) is -3.22. The van der Waals surface area contributed by atoms with Crippen LogP contribution in [0.25, 0.3) is 0 Å². The molecule has 1 heterocycles. The van der Waals surface area contributed by atoms with Crippen molar-refractivity contribution in [3.8, 4) is 5.75 Å². The second-order valence-corrected chi connectivity index (χ2v) is 13.8. The first kappa shape index (κ1) is 38.2. The van der Waals surface area contributed by atoms with Crippen LogP contribution < -0.4 is 4.74 Å². The highest BCUT2D eigenvalue weighted by Gasteiger charge is 2.59. The Morgan fingerprint density at radius 2 is 0.964 bits per heavy atom. The van der Waals surface area contributed by atoms with Crippen molar-refractivity contribution in [1.82, 2.24) is 0 Å². The van der Waals surface area contributed by atoms with E-state index in [0.29, 0.717) is 5.75 Å². The van der Waals surface area contributed by atoms with Crippen LogP contribution in [0, 0.1) is 0 Å². The number of ether oxygens (including phenoxy) is 6. The predicted octanol–water partition coefficient (Wildman–Crippen LogP) is 8.87. The molecule has 0 unspecified atom stereocenters. The van der Waals surface area contributed by atoms with Crippen LogP contribution >= 0.6 is 0 Å². The Bertz CT molecular complexity index is 1990. The van der Waals surface area contributed by atoms with Gasteiger partial charge in [0, 0.05) is 5.56 Å². The molecule has 1 aliphatic heterocycles. The molecule has 0 aromatic heterocycles. The summed E-state index contributed by atoms with van der Waals surface area (Å²) in [5, 5.41) is 11.1. The topological polar surface area (TPSA) is 75.6 Å². The van der Waals surface area contributed by atoms with E-state index in [4.69, 9.17) is 28.4 Å². The molecule has 7 rings (SSSR count). The zero-order valence-corrected chi connectivity index (χ0v) is 31.3. The van der Waals surface area contributed by atoms with Crippen LogP contribution in [0.5, 0.6) is 5.75 Å². The molecule has 282 valence electrons. The van der Waals surface area contributed by atoms with Crippen LogP contribution in [0.3, 0.4) is 0 Å². The van der Waals surface area contributed by atoms with Crippen molar-refractivity contribution in [3.05, 3.63) is 209 Å². The second-order valence-electron chi connectivity index (χ2n) is 13.8. The van der Waals surface area contributed by atoms with E-state index in [1.807, 2.05) is 183 Å². The molecular formula is C48H48O7. The van der Waals surface area contributed by atoms with Crippen molar-refractivity contribution in [1.29, 1.82) is 0 Å². The van der Waals surface area contributed by atoms with E-state index in [0.717, 1.165) is 33.4 Å². The Morgan fingerprint density at radius 1 is 0.545 bits per heavy atom. The average Bonchev–Trinajstić information content (AvgIpc) is 3.25. The molecule has 7 heteroatoms. The van der Waals surface area contributed by atoms with E-state index in [2.05, 4.69) is 0 Å². The Kier molecular flexibility index (Phi) is 12.5. The lowest BCUT2D eigenvalue weighted by Crippen LogP contribution is -2.68. The van der Waals surface area contributed by atoms with Crippen LogP contribution in [0.15, 0.2) is 176 Å². The molecule has 0 spiro atoms. The highest BCUT2D eigenvalue weighted by molar-refractivity contribution is 5.53. The monoisotopic (exact) mass is 736 g/mol. The van der Waals surface area contributed by atoms with Crippen LogP contribution in [0.2, 0.25) is 0 Å². The van der Waals surface area contributed by atoms with Gasteiger partial charge in [0.2, 0.25) is 0 Å². The maximum atomic E-state index is 11.1. The lowest BCUT2D eigenvalue weighted by atomic mass is 9.78. The number of rotatable bonds is 16. The first-order valence-electron chi connectivity index (χ1n) is 18.7. The van der Waals surface area contributed by atoms with Gasteiger partial charge in [-0.05, 0) is 40.8 Å². The number of aliphatic hydroxyl groups excluding tert-OH is 1. The van der Waals surface area contributed by atoms with E-state index in [9.17, 15) is 5.11 Å². The van der Waals surface area contributed by atoms with Gasteiger partial charge in [-0.2, -0.15) is 0 Å². The summed E-state index contributed by atoms with van der Waals surface area (Å²) in [4.78, 5) is 0. The number of hydrogen-bond acceptors (Lipinski definition) is 7. The number of aliphatic hydroxyl groups is 1. The molecule has 1 aliphatic rings. The van der Waals surface area contributed by atoms with Gasteiger partial charge in [-0.1, -0.05) is 170 Å². The summed E-state index contributed by atoms with van der Waals surface area (Å²) >= 11 is 0. The summed E-state index contributed by atoms with van der Waals surface area (Å²) in [5.41, 5.74) is 4.11. The van der Waals surface area contributed by atoms with Gasteiger partial charge in [0.05, 0.1) is 33.5 Å².